The van der Waals surface area contributed by atoms with Crippen LogP contribution in [-0.4, -0.2) is 35.5 Å². The standard InChI is InChI=1S/C27H31N5O5/c1-4-36-23-15-19(9-14-22(23)37-16(2)3)24(30-20-10-5-17(6-11-20)25(28)29)27(35)32-31-26(34)18-7-12-21(33)13-8-18/h5-16,24,30,33H,4H2,1-3H3,(H3,28,29)(H,31,34)(H,32,35). The third-order valence-corrected chi connectivity index (χ3v) is 5.16. The van der Waals surface area contributed by atoms with Gasteiger partial charge in [0.25, 0.3) is 11.8 Å². The number of rotatable bonds is 10. The summed E-state index contributed by atoms with van der Waals surface area (Å²) in [6, 6.07) is 16.6. The van der Waals surface area contributed by atoms with Crippen molar-refractivity contribution in [3.8, 4) is 17.2 Å². The number of ether oxygens (including phenoxy) is 2. The van der Waals surface area contributed by atoms with Gasteiger partial charge in [-0.1, -0.05) is 6.07 Å². The summed E-state index contributed by atoms with van der Waals surface area (Å²) >= 11 is 0. The fraction of sp³-hybridized carbons (Fsp3) is 0.222. The lowest BCUT2D eigenvalue weighted by atomic mass is 10.0. The Hall–Kier alpha value is -4.73. The number of hydrogen-bond donors (Lipinski definition) is 6. The van der Waals surface area contributed by atoms with E-state index in [1.54, 1.807) is 42.5 Å². The molecule has 0 spiro atoms. The molecule has 7 N–H and O–H groups in total. The van der Waals surface area contributed by atoms with E-state index in [0.717, 1.165) is 0 Å². The lowest BCUT2D eigenvalue weighted by Gasteiger charge is -2.22. The second kappa shape index (κ2) is 12.3. The van der Waals surface area contributed by atoms with E-state index >= 15 is 0 Å². The molecule has 194 valence electrons. The lowest BCUT2D eigenvalue weighted by Crippen LogP contribution is -2.45. The Morgan fingerprint density at radius 2 is 1.59 bits per heavy atom. The summed E-state index contributed by atoms with van der Waals surface area (Å²) in [5, 5.41) is 20.2. The fourth-order valence-electron chi connectivity index (χ4n) is 3.41. The Kier molecular flexibility index (Phi) is 8.93. The molecule has 0 saturated heterocycles. The molecule has 0 saturated carbocycles. The van der Waals surface area contributed by atoms with Crippen LogP contribution in [0.25, 0.3) is 0 Å². The quantitative estimate of drug-likeness (QED) is 0.140. The van der Waals surface area contributed by atoms with Gasteiger partial charge in [-0.05, 0) is 87.0 Å². The van der Waals surface area contributed by atoms with Gasteiger partial charge >= 0.3 is 0 Å². The molecule has 0 heterocycles. The van der Waals surface area contributed by atoms with Crippen LogP contribution in [0.4, 0.5) is 5.69 Å². The van der Waals surface area contributed by atoms with Crippen LogP contribution in [0.3, 0.4) is 0 Å². The zero-order valence-electron chi connectivity index (χ0n) is 20.9. The summed E-state index contributed by atoms with van der Waals surface area (Å²) in [6.45, 7) is 6.06. The van der Waals surface area contributed by atoms with Crippen LogP contribution in [0.2, 0.25) is 0 Å². The first-order valence-corrected chi connectivity index (χ1v) is 11.7. The van der Waals surface area contributed by atoms with Gasteiger partial charge in [0.1, 0.15) is 17.6 Å². The highest BCUT2D eigenvalue weighted by Crippen LogP contribution is 2.33. The van der Waals surface area contributed by atoms with Crippen LogP contribution in [0.5, 0.6) is 17.2 Å². The number of carbonyl (C=O) groups excluding carboxylic acids is 2. The number of amidine groups is 1. The van der Waals surface area contributed by atoms with Gasteiger partial charge in [-0.3, -0.25) is 25.8 Å². The molecular formula is C27H31N5O5. The molecular weight excluding hydrogens is 474 g/mol. The Morgan fingerprint density at radius 1 is 0.946 bits per heavy atom. The van der Waals surface area contributed by atoms with Gasteiger partial charge in [-0.2, -0.15) is 0 Å². The predicted molar refractivity (Wildman–Crippen MR) is 141 cm³/mol. The van der Waals surface area contributed by atoms with Gasteiger partial charge in [0.2, 0.25) is 0 Å². The maximum atomic E-state index is 13.3. The molecule has 0 aliphatic heterocycles. The highest BCUT2D eigenvalue weighted by molar-refractivity contribution is 5.97. The minimum absolute atomic E-state index is 0.0237. The smallest absolute Gasteiger partial charge is 0.269 e. The lowest BCUT2D eigenvalue weighted by molar-refractivity contribution is -0.122. The highest BCUT2D eigenvalue weighted by atomic mass is 16.5. The molecule has 0 bridgehead atoms. The molecule has 3 rings (SSSR count). The van der Waals surface area contributed by atoms with Gasteiger partial charge in [-0.15, -0.1) is 0 Å². The van der Waals surface area contributed by atoms with E-state index in [0.29, 0.717) is 34.9 Å². The average molecular weight is 506 g/mol. The number of hydrazine groups is 1. The summed E-state index contributed by atoms with van der Waals surface area (Å²) in [4.78, 5) is 25.8. The first-order chi connectivity index (χ1) is 17.7. The summed E-state index contributed by atoms with van der Waals surface area (Å²) in [5.74, 6) is -0.105. The molecule has 1 atom stereocenters. The minimum atomic E-state index is -0.935. The van der Waals surface area contributed by atoms with Crippen molar-refractivity contribution in [2.75, 3.05) is 11.9 Å². The van der Waals surface area contributed by atoms with E-state index in [4.69, 9.17) is 20.6 Å². The first kappa shape index (κ1) is 26.9. The topological polar surface area (TPSA) is 159 Å². The highest BCUT2D eigenvalue weighted by Gasteiger charge is 2.23. The molecule has 10 nitrogen and oxygen atoms in total. The van der Waals surface area contributed by atoms with Gasteiger partial charge < -0.3 is 25.6 Å². The summed E-state index contributed by atoms with van der Waals surface area (Å²) in [5.41, 5.74) is 12.3. The van der Waals surface area contributed by atoms with E-state index in [9.17, 15) is 14.7 Å². The number of nitrogen functional groups attached to an aromatic ring is 1. The minimum Gasteiger partial charge on any atom is -0.508 e. The van der Waals surface area contributed by atoms with Crippen molar-refractivity contribution in [1.82, 2.24) is 10.9 Å². The monoisotopic (exact) mass is 505 g/mol. The molecule has 0 aliphatic rings. The van der Waals surface area contributed by atoms with Crippen molar-refractivity contribution < 1.29 is 24.2 Å². The molecule has 0 aromatic heterocycles. The molecule has 0 radical (unpaired) electrons. The van der Waals surface area contributed by atoms with Crippen LogP contribution < -0.4 is 31.4 Å². The predicted octanol–water partition coefficient (Wildman–Crippen LogP) is 3.48. The van der Waals surface area contributed by atoms with Crippen molar-refractivity contribution in [2.45, 2.75) is 32.9 Å². The summed E-state index contributed by atoms with van der Waals surface area (Å²) in [6.07, 6.45) is -0.0721. The van der Waals surface area contributed by atoms with Gasteiger partial charge in [0.05, 0.1) is 12.7 Å². The maximum Gasteiger partial charge on any atom is 0.269 e. The zero-order valence-corrected chi connectivity index (χ0v) is 20.9. The molecule has 37 heavy (non-hydrogen) atoms. The van der Waals surface area contributed by atoms with Crippen LogP contribution in [0.15, 0.2) is 66.7 Å². The third-order valence-electron chi connectivity index (χ3n) is 5.16. The number of phenols is 1. The number of carbonyl (C=O) groups is 2. The third kappa shape index (κ3) is 7.38. The Morgan fingerprint density at radius 3 is 2.19 bits per heavy atom. The number of hydrogen-bond acceptors (Lipinski definition) is 7. The van der Waals surface area contributed by atoms with Gasteiger partial charge in [0.15, 0.2) is 11.5 Å². The van der Waals surface area contributed by atoms with Crippen molar-refractivity contribution in [3.05, 3.63) is 83.4 Å². The Bertz CT molecular complexity index is 1240. The SMILES string of the molecule is CCOc1cc(C(Nc2ccc(C(=N)N)cc2)C(=O)NNC(=O)c2ccc(O)cc2)ccc1OC(C)C. The Labute approximate surface area is 215 Å². The van der Waals surface area contributed by atoms with E-state index in [1.807, 2.05) is 20.8 Å². The van der Waals surface area contributed by atoms with Gasteiger partial charge in [0, 0.05) is 16.8 Å². The fourth-order valence-corrected chi connectivity index (χ4v) is 3.41. The molecule has 0 aliphatic carbocycles. The molecule has 1 unspecified atom stereocenters. The zero-order chi connectivity index (χ0) is 26.9. The van der Waals surface area contributed by atoms with Crippen LogP contribution in [0, 0.1) is 5.41 Å². The summed E-state index contributed by atoms with van der Waals surface area (Å²) < 4.78 is 11.6. The second-order valence-electron chi connectivity index (χ2n) is 8.36. The van der Waals surface area contributed by atoms with E-state index in [1.165, 1.54) is 24.3 Å². The van der Waals surface area contributed by atoms with E-state index in [-0.39, 0.29) is 23.3 Å². The Balaban J connectivity index is 1.88. The van der Waals surface area contributed by atoms with Gasteiger partial charge in [-0.25, -0.2) is 0 Å². The number of aromatic hydroxyl groups is 1. The van der Waals surface area contributed by atoms with Crippen molar-refractivity contribution >= 4 is 23.3 Å². The van der Waals surface area contributed by atoms with Crippen LogP contribution in [-0.2, 0) is 4.79 Å². The first-order valence-electron chi connectivity index (χ1n) is 11.7. The number of phenolic OH excluding ortho intramolecular Hbond substituents is 1. The van der Waals surface area contributed by atoms with Crippen molar-refractivity contribution in [2.24, 2.45) is 5.73 Å². The second-order valence-corrected chi connectivity index (χ2v) is 8.36. The number of benzene rings is 3. The van der Waals surface area contributed by atoms with Crippen molar-refractivity contribution in [3.63, 3.8) is 0 Å². The van der Waals surface area contributed by atoms with Crippen LogP contribution >= 0.6 is 0 Å². The number of nitrogens with one attached hydrogen (secondary N) is 4. The van der Waals surface area contributed by atoms with E-state index in [2.05, 4.69) is 16.2 Å². The number of nitrogens with two attached hydrogens (primary N) is 1. The van der Waals surface area contributed by atoms with Crippen LogP contribution in [0.1, 0.15) is 48.3 Å². The molecule has 3 aromatic rings. The number of amides is 2. The number of anilines is 1. The molecule has 3 aromatic carbocycles. The molecule has 2 amide bonds. The molecule has 10 heteroatoms. The van der Waals surface area contributed by atoms with Crippen molar-refractivity contribution in [1.29, 1.82) is 5.41 Å². The largest absolute Gasteiger partial charge is 0.508 e. The normalized spacial score (nSPS) is 11.4. The molecule has 0 fully saturated rings. The summed E-state index contributed by atoms with van der Waals surface area (Å²) in [7, 11) is 0. The average Bonchev–Trinajstić information content (AvgIpc) is 2.87. The maximum absolute atomic E-state index is 13.3. The van der Waals surface area contributed by atoms with E-state index < -0.39 is 17.9 Å².